The number of rotatable bonds is 6. The Hall–Kier alpha value is -1.06. The first-order valence-corrected chi connectivity index (χ1v) is 5.23. The van der Waals surface area contributed by atoms with Gasteiger partial charge in [-0.2, -0.15) is 0 Å². The van der Waals surface area contributed by atoms with Crippen molar-refractivity contribution in [3.05, 3.63) is 29.8 Å². The highest BCUT2D eigenvalue weighted by Crippen LogP contribution is 2.15. The van der Waals surface area contributed by atoms with Gasteiger partial charge < -0.3 is 15.2 Å². The summed E-state index contributed by atoms with van der Waals surface area (Å²) in [6, 6.07) is 8.09. The largest absolute Gasteiger partial charge is 0.392 e. The Labute approximate surface area is 91.1 Å². The fourth-order valence-electron chi connectivity index (χ4n) is 1.38. The molecule has 84 valence electrons. The van der Waals surface area contributed by atoms with Crippen LogP contribution in [-0.2, 0) is 11.2 Å². The van der Waals surface area contributed by atoms with Crippen LogP contribution in [0, 0.1) is 0 Å². The standard InChI is InChI=1S/C12H19NO2/c1-10(14)9-13-12-6-4-3-5-11(12)7-8-15-2/h3-6,10,13-14H,7-9H2,1-2H3. The first-order valence-electron chi connectivity index (χ1n) is 5.23. The van der Waals surface area contributed by atoms with Gasteiger partial charge >= 0.3 is 0 Å². The van der Waals surface area contributed by atoms with Gasteiger partial charge in [-0.15, -0.1) is 0 Å². The van der Waals surface area contributed by atoms with Gasteiger partial charge in [-0.05, 0) is 25.0 Å². The molecule has 3 heteroatoms. The summed E-state index contributed by atoms with van der Waals surface area (Å²) in [5.74, 6) is 0. The number of methoxy groups -OCH3 is 1. The summed E-state index contributed by atoms with van der Waals surface area (Å²) >= 11 is 0. The van der Waals surface area contributed by atoms with Crippen molar-refractivity contribution in [3.8, 4) is 0 Å². The molecule has 0 aliphatic carbocycles. The molecule has 1 unspecified atom stereocenters. The van der Waals surface area contributed by atoms with Crippen molar-refractivity contribution in [2.45, 2.75) is 19.4 Å². The molecule has 0 saturated carbocycles. The highest BCUT2D eigenvalue weighted by molar-refractivity contribution is 5.51. The van der Waals surface area contributed by atoms with Crippen molar-refractivity contribution in [2.24, 2.45) is 0 Å². The summed E-state index contributed by atoms with van der Waals surface area (Å²) in [4.78, 5) is 0. The molecule has 3 nitrogen and oxygen atoms in total. The van der Waals surface area contributed by atoms with Crippen molar-refractivity contribution >= 4 is 5.69 Å². The van der Waals surface area contributed by atoms with Crippen LogP contribution < -0.4 is 5.32 Å². The third-order valence-electron chi connectivity index (χ3n) is 2.18. The minimum absolute atomic E-state index is 0.333. The third kappa shape index (κ3) is 4.32. The zero-order valence-electron chi connectivity index (χ0n) is 9.36. The Morgan fingerprint density at radius 1 is 1.40 bits per heavy atom. The third-order valence-corrected chi connectivity index (χ3v) is 2.18. The van der Waals surface area contributed by atoms with E-state index < -0.39 is 0 Å². The number of hydrogen-bond acceptors (Lipinski definition) is 3. The Morgan fingerprint density at radius 3 is 2.80 bits per heavy atom. The summed E-state index contributed by atoms with van der Waals surface area (Å²) in [7, 11) is 1.70. The number of para-hydroxylation sites is 1. The van der Waals surface area contributed by atoms with E-state index >= 15 is 0 Å². The molecule has 0 spiro atoms. The maximum atomic E-state index is 9.19. The maximum absolute atomic E-state index is 9.19. The van der Waals surface area contributed by atoms with Crippen LogP contribution in [0.2, 0.25) is 0 Å². The quantitative estimate of drug-likeness (QED) is 0.749. The minimum Gasteiger partial charge on any atom is -0.392 e. The van der Waals surface area contributed by atoms with Gasteiger partial charge in [0.1, 0.15) is 0 Å². The lowest BCUT2D eigenvalue weighted by atomic mass is 10.1. The number of anilines is 1. The second-order valence-corrected chi connectivity index (χ2v) is 3.63. The number of hydrogen-bond donors (Lipinski definition) is 2. The van der Waals surface area contributed by atoms with Gasteiger partial charge in [-0.3, -0.25) is 0 Å². The van der Waals surface area contributed by atoms with E-state index in [2.05, 4.69) is 11.4 Å². The zero-order valence-corrected chi connectivity index (χ0v) is 9.36. The molecule has 0 amide bonds. The molecule has 0 aliphatic rings. The van der Waals surface area contributed by atoms with Gasteiger partial charge in [0.25, 0.3) is 0 Å². The normalized spacial score (nSPS) is 12.5. The molecule has 15 heavy (non-hydrogen) atoms. The number of aliphatic hydroxyl groups excluding tert-OH is 1. The summed E-state index contributed by atoms with van der Waals surface area (Å²) in [6.45, 7) is 3.06. The fraction of sp³-hybridized carbons (Fsp3) is 0.500. The molecule has 0 bridgehead atoms. The summed E-state index contributed by atoms with van der Waals surface area (Å²) in [5.41, 5.74) is 2.30. The zero-order chi connectivity index (χ0) is 11.1. The number of ether oxygens (including phenoxy) is 1. The highest BCUT2D eigenvalue weighted by Gasteiger charge is 2.02. The van der Waals surface area contributed by atoms with E-state index in [4.69, 9.17) is 4.74 Å². The van der Waals surface area contributed by atoms with Crippen LogP contribution in [0.3, 0.4) is 0 Å². The lowest BCUT2D eigenvalue weighted by molar-refractivity contribution is 0.202. The number of nitrogens with one attached hydrogen (secondary N) is 1. The van der Waals surface area contributed by atoms with E-state index in [1.807, 2.05) is 18.2 Å². The van der Waals surface area contributed by atoms with Crippen LogP contribution in [0.1, 0.15) is 12.5 Å². The lowest BCUT2D eigenvalue weighted by Crippen LogP contribution is -2.16. The average Bonchev–Trinajstić information content (AvgIpc) is 2.24. The van der Waals surface area contributed by atoms with Gasteiger partial charge in [-0.25, -0.2) is 0 Å². The van der Waals surface area contributed by atoms with E-state index in [0.29, 0.717) is 13.2 Å². The summed E-state index contributed by atoms with van der Waals surface area (Å²) in [5, 5.41) is 12.4. The van der Waals surface area contributed by atoms with Crippen LogP contribution in [-0.4, -0.2) is 31.5 Å². The van der Waals surface area contributed by atoms with Crippen molar-refractivity contribution < 1.29 is 9.84 Å². The van der Waals surface area contributed by atoms with E-state index in [0.717, 1.165) is 12.1 Å². The van der Waals surface area contributed by atoms with E-state index in [-0.39, 0.29) is 6.10 Å². The molecule has 2 N–H and O–H groups in total. The van der Waals surface area contributed by atoms with Gasteiger partial charge in [-0.1, -0.05) is 18.2 Å². The number of aliphatic hydroxyl groups is 1. The first kappa shape index (κ1) is 12.0. The molecular formula is C12H19NO2. The highest BCUT2D eigenvalue weighted by atomic mass is 16.5. The van der Waals surface area contributed by atoms with Crippen molar-refractivity contribution in [1.29, 1.82) is 0 Å². The van der Waals surface area contributed by atoms with Gasteiger partial charge in [0.05, 0.1) is 12.7 Å². The van der Waals surface area contributed by atoms with E-state index in [1.54, 1.807) is 14.0 Å². The Morgan fingerprint density at radius 2 is 2.13 bits per heavy atom. The van der Waals surface area contributed by atoms with Crippen LogP contribution in [0.25, 0.3) is 0 Å². The minimum atomic E-state index is -0.333. The van der Waals surface area contributed by atoms with Crippen LogP contribution >= 0.6 is 0 Å². The molecule has 1 rings (SSSR count). The van der Waals surface area contributed by atoms with Crippen LogP contribution in [0.4, 0.5) is 5.69 Å². The van der Waals surface area contributed by atoms with Gasteiger partial charge in [0, 0.05) is 19.3 Å². The molecule has 0 saturated heterocycles. The molecule has 1 aromatic rings. The Balaban J connectivity index is 2.59. The summed E-state index contributed by atoms with van der Waals surface area (Å²) in [6.07, 6.45) is 0.555. The lowest BCUT2D eigenvalue weighted by Gasteiger charge is -2.12. The Kier molecular flexibility index (Phi) is 5.15. The molecule has 1 atom stereocenters. The second-order valence-electron chi connectivity index (χ2n) is 3.63. The molecule has 0 aliphatic heterocycles. The first-order chi connectivity index (χ1) is 7.24. The van der Waals surface area contributed by atoms with E-state index in [1.165, 1.54) is 5.56 Å². The Bertz CT molecular complexity index is 287. The van der Waals surface area contributed by atoms with Crippen molar-refractivity contribution in [3.63, 3.8) is 0 Å². The van der Waals surface area contributed by atoms with E-state index in [9.17, 15) is 5.11 Å². The predicted molar refractivity (Wildman–Crippen MR) is 62.2 cm³/mol. The molecule has 0 radical (unpaired) electrons. The number of benzene rings is 1. The topological polar surface area (TPSA) is 41.5 Å². The molecule has 0 heterocycles. The molecule has 0 aromatic heterocycles. The SMILES string of the molecule is COCCc1ccccc1NCC(C)O. The van der Waals surface area contributed by atoms with Crippen LogP contribution in [0.15, 0.2) is 24.3 Å². The van der Waals surface area contributed by atoms with Crippen LogP contribution in [0.5, 0.6) is 0 Å². The molecule has 0 fully saturated rings. The maximum Gasteiger partial charge on any atom is 0.0684 e. The second kappa shape index (κ2) is 6.43. The van der Waals surface area contributed by atoms with Crippen molar-refractivity contribution in [1.82, 2.24) is 0 Å². The summed E-state index contributed by atoms with van der Waals surface area (Å²) < 4.78 is 5.05. The molecular weight excluding hydrogens is 190 g/mol. The fourth-order valence-corrected chi connectivity index (χ4v) is 1.38. The predicted octanol–water partition coefficient (Wildman–Crippen LogP) is 1.67. The average molecular weight is 209 g/mol. The molecule has 1 aromatic carbocycles. The van der Waals surface area contributed by atoms with Gasteiger partial charge in [0.15, 0.2) is 0 Å². The van der Waals surface area contributed by atoms with Crippen molar-refractivity contribution in [2.75, 3.05) is 25.6 Å². The monoisotopic (exact) mass is 209 g/mol. The smallest absolute Gasteiger partial charge is 0.0684 e. The van der Waals surface area contributed by atoms with Gasteiger partial charge in [0.2, 0.25) is 0 Å².